The van der Waals surface area contributed by atoms with Crippen molar-refractivity contribution in [3.63, 3.8) is 0 Å². The summed E-state index contributed by atoms with van der Waals surface area (Å²) in [6.07, 6.45) is 0.751. The van der Waals surface area contributed by atoms with Crippen molar-refractivity contribution in [1.82, 2.24) is 9.62 Å². The average Bonchev–Trinajstić information content (AvgIpc) is 2.75. The molecule has 0 aromatic heterocycles. The van der Waals surface area contributed by atoms with Crippen LogP contribution >= 0.6 is 0 Å². The molecule has 1 saturated heterocycles. The molecule has 0 radical (unpaired) electrons. The summed E-state index contributed by atoms with van der Waals surface area (Å²) in [6.45, 7) is 2.03. The largest absolute Gasteiger partial charge is 0.493 e. The number of rotatable bonds is 10. The normalized spacial score (nSPS) is 16.1. The van der Waals surface area contributed by atoms with Gasteiger partial charge in [-0.3, -0.25) is 9.69 Å². The van der Waals surface area contributed by atoms with Crippen LogP contribution < -0.4 is 9.46 Å². The van der Waals surface area contributed by atoms with Crippen LogP contribution in [0, 0.1) is 0 Å². The van der Waals surface area contributed by atoms with Gasteiger partial charge in [-0.2, -0.15) is 0 Å². The molecule has 162 valence electrons. The summed E-state index contributed by atoms with van der Waals surface area (Å²) in [5.41, 5.74) is 1.16. The molecule has 2 aromatic carbocycles. The fraction of sp³-hybridized carbons (Fsp3) is 0.381. The van der Waals surface area contributed by atoms with E-state index >= 15 is 0 Å². The molecule has 0 amide bonds. The quantitative estimate of drug-likeness (QED) is 0.582. The van der Waals surface area contributed by atoms with E-state index in [1.54, 1.807) is 17.0 Å². The summed E-state index contributed by atoms with van der Waals surface area (Å²) < 4.78 is 38.4. The highest BCUT2D eigenvalue weighted by Gasteiger charge is 2.28. The Morgan fingerprint density at radius 2 is 1.77 bits per heavy atom. The van der Waals surface area contributed by atoms with Gasteiger partial charge < -0.3 is 14.6 Å². The Labute approximate surface area is 176 Å². The highest BCUT2D eigenvalue weighted by Crippen LogP contribution is 2.17. The summed E-state index contributed by atoms with van der Waals surface area (Å²) in [4.78, 5) is 13.3. The zero-order valence-electron chi connectivity index (χ0n) is 16.6. The number of ether oxygens (including phenoxy) is 2. The highest BCUT2D eigenvalue weighted by molar-refractivity contribution is 7.89. The minimum atomic E-state index is -3.83. The molecule has 2 aromatic rings. The number of aliphatic carboxylic acids is 1. The smallest absolute Gasteiger partial charge is 0.322 e. The Kier molecular flexibility index (Phi) is 7.81. The average molecular weight is 435 g/mol. The lowest BCUT2D eigenvalue weighted by Gasteiger charge is -2.31. The predicted octanol–water partition coefficient (Wildman–Crippen LogP) is 1.37. The number of hydrogen-bond donors (Lipinski definition) is 2. The first-order valence-electron chi connectivity index (χ1n) is 9.77. The Balaban J connectivity index is 1.54. The molecule has 2 N–H and O–H groups in total. The van der Waals surface area contributed by atoms with Gasteiger partial charge in [0.05, 0.1) is 24.7 Å². The van der Waals surface area contributed by atoms with Gasteiger partial charge in [-0.15, -0.1) is 0 Å². The van der Waals surface area contributed by atoms with E-state index in [0.717, 1.165) is 12.0 Å². The third-order valence-electron chi connectivity index (χ3n) is 4.87. The van der Waals surface area contributed by atoms with Crippen LogP contribution in [0.3, 0.4) is 0 Å². The van der Waals surface area contributed by atoms with Crippen molar-refractivity contribution in [2.45, 2.75) is 17.4 Å². The second-order valence-corrected chi connectivity index (χ2v) is 8.68. The first-order valence-corrected chi connectivity index (χ1v) is 11.2. The second-order valence-electron chi connectivity index (χ2n) is 6.91. The summed E-state index contributed by atoms with van der Waals surface area (Å²) in [7, 11) is -3.83. The zero-order chi connectivity index (χ0) is 21.4. The van der Waals surface area contributed by atoms with Crippen molar-refractivity contribution in [3.05, 3.63) is 60.2 Å². The number of hydrogen-bond acceptors (Lipinski definition) is 6. The third-order valence-corrected chi connectivity index (χ3v) is 6.31. The third kappa shape index (κ3) is 6.27. The highest BCUT2D eigenvalue weighted by atomic mass is 32.2. The van der Waals surface area contributed by atoms with Gasteiger partial charge in [-0.25, -0.2) is 13.1 Å². The van der Waals surface area contributed by atoms with Crippen molar-refractivity contribution >= 4 is 16.0 Å². The van der Waals surface area contributed by atoms with Gasteiger partial charge in [-0.05, 0) is 29.8 Å². The number of morpholine rings is 1. The number of carbonyl (C=O) groups is 1. The molecular formula is C21H26N2O6S. The first kappa shape index (κ1) is 22.2. The predicted molar refractivity (Wildman–Crippen MR) is 111 cm³/mol. The zero-order valence-corrected chi connectivity index (χ0v) is 17.4. The SMILES string of the molecule is O=C(O)C(CNS(=O)(=O)c1ccc(OCCc2ccccc2)cc1)N1CCOCC1. The molecule has 30 heavy (non-hydrogen) atoms. The van der Waals surface area contributed by atoms with Gasteiger partial charge >= 0.3 is 5.97 Å². The monoisotopic (exact) mass is 434 g/mol. The maximum Gasteiger partial charge on any atom is 0.322 e. The lowest BCUT2D eigenvalue weighted by molar-refractivity contribution is -0.144. The van der Waals surface area contributed by atoms with E-state index in [4.69, 9.17) is 9.47 Å². The molecule has 1 unspecified atom stereocenters. The summed E-state index contributed by atoms with van der Waals surface area (Å²) in [5.74, 6) is -0.497. The molecule has 0 saturated carbocycles. The van der Waals surface area contributed by atoms with Crippen molar-refractivity contribution in [2.75, 3.05) is 39.5 Å². The van der Waals surface area contributed by atoms with Crippen molar-refractivity contribution < 1.29 is 27.8 Å². The Hall–Kier alpha value is -2.46. The number of carboxylic acid groups (broad SMARTS) is 1. The minimum absolute atomic E-state index is 0.0593. The molecular weight excluding hydrogens is 408 g/mol. The molecule has 0 aliphatic carbocycles. The van der Waals surface area contributed by atoms with Gasteiger partial charge in [-0.1, -0.05) is 30.3 Å². The molecule has 8 nitrogen and oxygen atoms in total. The lowest BCUT2D eigenvalue weighted by Crippen LogP contribution is -2.52. The van der Waals surface area contributed by atoms with E-state index in [2.05, 4.69) is 4.72 Å². The molecule has 1 heterocycles. The van der Waals surface area contributed by atoms with Crippen molar-refractivity contribution in [3.8, 4) is 5.75 Å². The number of sulfonamides is 1. The standard InChI is InChI=1S/C21H26N2O6S/c24-21(25)20(23-11-14-28-15-12-23)16-22-30(26,27)19-8-6-18(7-9-19)29-13-10-17-4-2-1-3-5-17/h1-9,20,22H,10-16H2,(H,24,25). The molecule has 1 aliphatic heterocycles. The lowest BCUT2D eigenvalue weighted by atomic mass is 10.2. The second kappa shape index (κ2) is 10.5. The number of nitrogens with one attached hydrogen (secondary N) is 1. The van der Waals surface area contributed by atoms with Gasteiger partial charge in [0.1, 0.15) is 11.8 Å². The van der Waals surface area contributed by atoms with E-state index in [0.29, 0.717) is 38.7 Å². The fourth-order valence-electron chi connectivity index (χ4n) is 3.18. The van der Waals surface area contributed by atoms with Gasteiger partial charge in [0, 0.05) is 26.1 Å². The number of carboxylic acids is 1. The molecule has 0 bridgehead atoms. The Morgan fingerprint density at radius 3 is 2.40 bits per heavy atom. The van der Waals surface area contributed by atoms with Crippen LogP contribution in [0.4, 0.5) is 0 Å². The summed E-state index contributed by atoms with van der Waals surface area (Å²) in [6, 6.07) is 15.1. The van der Waals surface area contributed by atoms with Crippen LogP contribution in [0.2, 0.25) is 0 Å². The fourth-order valence-corrected chi connectivity index (χ4v) is 4.22. The summed E-state index contributed by atoms with van der Waals surface area (Å²) >= 11 is 0. The van der Waals surface area contributed by atoms with Gasteiger partial charge in [0.15, 0.2) is 0 Å². The molecule has 1 aliphatic rings. The van der Waals surface area contributed by atoms with Gasteiger partial charge in [0.2, 0.25) is 10.0 Å². The summed E-state index contributed by atoms with van der Waals surface area (Å²) in [5, 5.41) is 9.46. The van der Waals surface area contributed by atoms with Crippen LogP contribution in [0.15, 0.2) is 59.5 Å². The number of benzene rings is 2. The molecule has 1 fully saturated rings. The Morgan fingerprint density at radius 1 is 1.10 bits per heavy atom. The van der Waals surface area contributed by atoms with Crippen LogP contribution in [0.1, 0.15) is 5.56 Å². The maximum atomic E-state index is 12.6. The van der Waals surface area contributed by atoms with Crippen LogP contribution in [0.25, 0.3) is 0 Å². The van der Waals surface area contributed by atoms with E-state index < -0.39 is 22.0 Å². The Bertz CT molecular complexity index is 912. The van der Waals surface area contributed by atoms with Crippen molar-refractivity contribution in [2.24, 2.45) is 0 Å². The van der Waals surface area contributed by atoms with E-state index in [1.807, 2.05) is 30.3 Å². The molecule has 9 heteroatoms. The van der Waals surface area contributed by atoms with Gasteiger partial charge in [0.25, 0.3) is 0 Å². The van der Waals surface area contributed by atoms with E-state index in [1.165, 1.54) is 12.1 Å². The van der Waals surface area contributed by atoms with Crippen molar-refractivity contribution in [1.29, 1.82) is 0 Å². The van der Waals surface area contributed by atoms with E-state index in [-0.39, 0.29) is 11.4 Å². The number of nitrogens with zero attached hydrogens (tertiary/aromatic N) is 1. The molecule has 1 atom stereocenters. The van der Waals surface area contributed by atoms with Crippen LogP contribution in [0.5, 0.6) is 5.75 Å². The van der Waals surface area contributed by atoms with Crippen LogP contribution in [-0.4, -0.2) is 69.9 Å². The minimum Gasteiger partial charge on any atom is -0.493 e. The maximum absolute atomic E-state index is 12.6. The molecule has 3 rings (SSSR count). The first-order chi connectivity index (χ1) is 14.5. The van der Waals surface area contributed by atoms with Crippen LogP contribution in [-0.2, 0) is 26.0 Å². The molecule has 0 spiro atoms. The van der Waals surface area contributed by atoms with E-state index in [9.17, 15) is 18.3 Å². The topological polar surface area (TPSA) is 105 Å².